The molecule has 40 heavy (non-hydrogen) atoms. The lowest BCUT2D eigenvalue weighted by Gasteiger charge is -2.24. The Labute approximate surface area is 243 Å². The first-order valence-electron chi connectivity index (χ1n) is 12.2. The van der Waals surface area contributed by atoms with E-state index in [1.807, 2.05) is 37.5 Å². The van der Waals surface area contributed by atoms with E-state index in [-0.39, 0.29) is 10.6 Å². The summed E-state index contributed by atoms with van der Waals surface area (Å²) < 4.78 is 35.4. The van der Waals surface area contributed by atoms with Gasteiger partial charge in [0, 0.05) is 28.0 Å². The molecule has 0 aliphatic carbocycles. The average Bonchev–Trinajstić information content (AvgIpc) is 3.20. The molecule has 4 aromatic rings. The van der Waals surface area contributed by atoms with Crippen molar-refractivity contribution in [2.75, 3.05) is 18.0 Å². The lowest BCUT2D eigenvalue weighted by atomic mass is 10.2. The SMILES string of the molecule is COc1cccc(N(CC(=O)N/N=C\c2cc(C)n(-c3ccc(Cl)cc3Cl)c2C)S(=O)(=O)c2ccc(C)cc2)c1. The van der Waals surface area contributed by atoms with E-state index in [0.29, 0.717) is 15.8 Å². The third-order valence-electron chi connectivity index (χ3n) is 6.25. The highest BCUT2D eigenvalue weighted by Crippen LogP contribution is 2.29. The minimum atomic E-state index is -4.08. The maximum atomic E-state index is 13.6. The van der Waals surface area contributed by atoms with Gasteiger partial charge in [0.1, 0.15) is 12.3 Å². The summed E-state index contributed by atoms with van der Waals surface area (Å²) in [5.41, 5.74) is 6.91. The number of anilines is 1. The number of rotatable bonds is 9. The summed E-state index contributed by atoms with van der Waals surface area (Å²) in [5.74, 6) is -0.166. The molecule has 0 saturated carbocycles. The number of benzene rings is 3. The first kappa shape index (κ1) is 29.2. The molecule has 208 valence electrons. The fourth-order valence-electron chi connectivity index (χ4n) is 4.21. The smallest absolute Gasteiger partial charge is 0.264 e. The van der Waals surface area contributed by atoms with Crippen molar-refractivity contribution in [2.45, 2.75) is 25.7 Å². The fourth-order valence-corrected chi connectivity index (χ4v) is 6.12. The van der Waals surface area contributed by atoms with Crippen LogP contribution in [0.1, 0.15) is 22.5 Å². The summed E-state index contributed by atoms with van der Waals surface area (Å²) in [6.07, 6.45) is 1.50. The second-order valence-electron chi connectivity index (χ2n) is 9.08. The highest BCUT2D eigenvalue weighted by molar-refractivity contribution is 7.92. The molecular weight excluding hydrogens is 571 g/mol. The molecule has 0 aliphatic rings. The Bertz CT molecular complexity index is 1680. The van der Waals surface area contributed by atoms with Crippen LogP contribution in [0.4, 0.5) is 5.69 Å². The van der Waals surface area contributed by atoms with Crippen molar-refractivity contribution < 1.29 is 17.9 Å². The molecule has 1 amide bonds. The Hall–Kier alpha value is -3.79. The topological polar surface area (TPSA) is 93.0 Å². The van der Waals surface area contributed by atoms with E-state index >= 15 is 0 Å². The molecule has 0 saturated heterocycles. The van der Waals surface area contributed by atoms with Gasteiger partial charge in [-0.1, -0.05) is 47.0 Å². The van der Waals surface area contributed by atoms with Crippen LogP contribution < -0.4 is 14.5 Å². The summed E-state index contributed by atoms with van der Waals surface area (Å²) in [4.78, 5) is 13.0. The predicted molar refractivity (Wildman–Crippen MR) is 160 cm³/mol. The lowest BCUT2D eigenvalue weighted by molar-refractivity contribution is -0.119. The highest BCUT2D eigenvalue weighted by Gasteiger charge is 2.27. The monoisotopic (exact) mass is 598 g/mol. The van der Waals surface area contributed by atoms with Gasteiger partial charge in [0.2, 0.25) is 0 Å². The molecule has 11 heteroatoms. The number of carbonyl (C=O) groups is 1. The van der Waals surface area contributed by atoms with Gasteiger partial charge in [0.25, 0.3) is 15.9 Å². The van der Waals surface area contributed by atoms with E-state index in [0.717, 1.165) is 32.5 Å². The van der Waals surface area contributed by atoms with Crippen LogP contribution in [-0.2, 0) is 14.8 Å². The maximum Gasteiger partial charge on any atom is 0.264 e. The fraction of sp³-hybridized carbons (Fsp3) is 0.172. The van der Waals surface area contributed by atoms with E-state index in [9.17, 15) is 13.2 Å². The number of hydrogen-bond acceptors (Lipinski definition) is 5. The van der Waals surface area contributed by atoms with Crippen LogP contribution >= 0.6 is 23.2 Å². The Balaban J connectivity index is 1.57. The van der Waals surface area contributed by atoms with E-state index < -0.39 is 22.5 Å². The number of halogens is 2. The van der Waals surface area contributed by atoms with Crippen molar-refractivity contribution in [2.24, 2.45) is 5.10 Å². The number of amides is 1. The summed E-state index contributed by atoms with van der Waals surface area (Å²) in [6, 6.07) is 20.1. The number of ether oxygens (including phenoxy) is 1. The van der Waals surface area contributed by atoms with Gasteiger partial charge in [0.05, 0.1) is 34.6 Å². The van der Waals surface area contributed by atoms with Crippen molar-refractivity contribution in [3.63, 3.8) is 0 Å². The first-order chi connectivity index (χ1) is 19.0. The van der Waals surface area contributed by atoms with Crippen LogP contribution in [0.3, 0.4) is 0 Å². The number of sulfonamides is 1. The van der Waals surface area contributed by atoms with Gasteiger partial charge in [-0.05, 0) is 69.3 Å². The van der Waals surface area contributed by atoms with E-state index in [1.54, 1.807) is 48.5 Å². The van der Waals surface area contributed by atoms with E-state index in [1.165, 1.54) is 25.5 Å². The second-order valence-corrected chi connectivity index (χ2v) is 11.8. The Morgan fingerprint density at radius 3 is 2.42 bits per heavy atom. The van der Waals surface area contributed by atoms with Gasteiger partial charge in [-0.3, -0.25) is 9.10 Å². The quantitative estimate of drug-likeness (QED) is 0.187. The van der Waals surface area contributed by atoms with Gasteiger partial charge in [-0.15, -0.1) is 0 Å². The van der Waals surface area contributed by atoms with Gasteiger partial charge < -0.3 is 9.30 Å². The van der Waals surface area contributed by atoms with Crippen molar-refractivity contribution in [3.05, 3.63) is 105 Å². The molecule has 1 aromatic heterocycles. The minimum absolute atomic E-state index is 0.0607. The normalized spacial score (nSPS) is 11.6. The molecule has 0 atom stereocenters. The molecular formula is C29H28Cl2N4O4S. The first-order valence-corrected chi connectivity index (χ1v) is 14.4. The number of aryl methyl sites for hydroxylation is 2. The van der Waals surface area contributed by atoms with E-state index in [2.05, 4.69) is 10.5 Å². The molecule has 0 fully saturated rings. The molecule has 1 N–H and O–H groups in total. The number of hydrogen-bond donors (Lipinski definition) is 1. The van der Waals surface area contributed by atoms with Crippen molar-refractivity contribution in [3.8, 4) is 11.4 Å². The molecule has 0 radical (unpaired) electrons. The summed E-state index contributed by atoms with van der Waals surface area (Å²) in [6.45, 7) is 5.19. The molecule has 0 bridgehead atoms. The molecule has 0 spiro atoms. The molecule has 4 rings (SSSR count). The third kappa shape index (κ3) is 6.33. The maximum absolute atomic E-state index is 13.6. The lowest BCUT2D eigenvalue weighted by Crippen LogP contribution is -2.39. The van der Waals surface area contributed by atoms with Crippen molar-refractivity contribution in [1.29, 1.82) is 0 Å². The Morgan fingerprint density at radius 1 is 1.02 bits per heavy atom. The predicted octanol–water partition coefficient (Wildman–Crippen LogP) is 6.06. The minimum Gasteiger partial charge on any atom is -0.497 e. The number of nitrogens with one attached hydrogen (secondary N) is 1. The number of aromatic nitrogens is 1. The number of methoxy groups -OCH3 is 1. The van der Waals surface area contributed by atoms with Crippen molar-refractivity contribution >= 4 is 51.0 Å². The van der Waals surface area contributed by atoms with Crippen LogP contribution in [0.15, 0.2) is 82.8 Å². The standard InChI is InChI=1S/C29H28Cl2N4O4S/c1-19-8-11-26(12-9-19)40(37,38)34(24-6-5-7-25(16-24)39-4)18-29(36)33-32-17-22-14-20(2)35(21(22)3)28-13-10-23(30)15-27(28)31/h5-17H,18H2,1-4H3,(H,33,36)/b32-17-. The summed E-state index contributed by atoms with van der Waals surface area (Å²) in [7, 11) is -2.59. The largest absolute Gasteiger partial charge is 0.497 e. The molecule has 1 heterocycles. The number of nitrogens with zero attached hydrogens (tertiary/aromatic N) is 3. The van der Waals surface area contributed by atoms with Crippen LogP contribution in [0.2, 0.25) is 10.0 Å². The zero-order valence-corrected chi connectivity index (χ0v) is 24.7. The number of hydrazone groups is 1. The molecule has 3 aromatic carbocycles. The summed E-state index contributed by atoms with van der Waals surface area (Å²) >= 11 is 12.5. The molecule has 0 aliphatic heterocycles. The summed E-state index contributed by atoms with van der Waals surface area (Å²) in [5, 5.41) is 5.13. The average molecular weight is 600 g/mol. The van der Waals surface area contributed by atoms with Gasteiger partial charge in [-0.2, -0.15) is 5.10 Å². The molecule has 8 nitrogen and oxygen atoms in total. The zero-order chi connectivity index (χ0) is 29.0. The van der Waals surface area contributed by atoms with Crippen LogP contribution in [0.5, 0.6) is 5.75 Å². The molecule has 0 unspecified atom stereocenters. The third-order valence-corrected chi connectivity index (χ3v) is 8.58. The van der Waals surface area contributed by atoms with Gasteiger partial charge >= 0.3 is 0 Å². The van der Waals surface area contributed by atoms with Crippen molar-refractivity contribution in [1.82, 2.24) is 9.99 Å². The van der Waals surface area contributed by atoms with Gasteiger partial charge in [-0.25, -0.2) is 13.8 Å². The Morgan fingerprint density at radius 2 is 1.75 bits per heavy atom. The second kappa shape index (κ2) is 12.2. The van der Waals surface area contributed by atoms with Crippen LogP contribution in [0.25, 0.3) is 5.69 Å². The van der Waals surface area contributed by atoms with Crippen LogP contribution in [0, 0.1) is 20.8 Å². The Kier molecular flexibility index (Phi) is 8.88. The highest BCUT2D eigenvalue weighted by atomic mass is 35.5. The number of carbonyl (C=O) groups excluding carboxylic acids is 1. The zero-order valence-electron chi connectivity index (χ0n) is 22.4. The van der Waals surface area contributed by atoms with Gasteiger partial charge in [0.15, 0.2) is 0 Å². The van der Waals surface area contributed by atoms with Crippen LogP contribution in [-0.4, -0.2) is 38.8 Å². The van der Waals surface area contributed by atoms with E-state index in [4.69, 9.17) is 27.9 Å².